The molecule has 26 heavy (non-hydrogen) atoms. The van der Waals surface area contributed by atoms with E-state index in [1.54, 1.807) is 12.1 Å². The van der Waals surface area contributed by atoms with Gasteiger partial charge in [-0.2, -0.15) is 5.26 Å². The fourth-order valence-electron chi connectivity index (χ4n) is 2.70. The molecule has 0 N–H and O–H groups in total. The van der Waals surface area contributed by atoms with Crippen molar-refractivity contribution in [2.24, 2.45) is 0 Å². The Kier molecular flexibility index (Phi) is 5.97. The van der Waals surface area contributed by atoms with Crippen molar-refractivity contribution in [1.82, 2.24) is 0 Å². The first-order chi connectivity index (χ1) is 12.1. The van der Waals surface area contributed by atoms with E-state index in [0.29, 0.717) is 24.5 Å². The molecule has 0 fully saturated rings. The van der Waals surface area contributed by atoms with Crippen LogP contribution in [0.15, 0.2) is 42.5 Å². The summed E-state index contributed by atoms with van der Waals surface area (Å²) in [5.41, 5.74) is 3.13. The van der Waals surface area contributed by atoms with Crippen LogP contribution in [0.2, 0.25) is 0 Å². The van der Waals surface area contributed by atoms with Crippen molar-refractivity contribution in [2.45, 2.75) is 52.4 Å². The molecule has 3 nitrogen and oxygen atoms in total. The molecule has 0 aliphatic rings. The highest BCUT2D eigenvalue weighted by Crippen LogP contribution is 2.35. The van der Waals surface area contributed by atoms with Gasteiger partial charge in [0, 0.05) is 0 Å². The summed E-state index contributed by atoms with van der Waals surface area (Å²) in [6.07, 6.45) is 0. The highest BCUT2D eigenvalue weighted by Gasteiger charge is 2.23. The molecule has 0 unspecified atom stereocenters. The van der Waals surface area contributed by atoms with E-state index in [4.69, 9.17) is 14.7 Å². The molecule has 0 aliphatic heterocycles. The van der Waals surface area contributed by atoms with E-state index in [0.717, 1.165) is 5.75 Å². The summed E-state index contributed by atoms with van der Waals surface area (Å²) in [5, 5.41) is 9.11. The Balaban J connectivity index is 2.08. The molecule has 0 saturated carbocycles. The van der Waals surface area contributed by atoms with Crippen molar-refractivity contribution in [2.75, 3.05) is 13.2 Å². The van der Waals surface area contributed by atoms with Crippen molar-refractivity contribution in [3.8, 4) is 17.6 Å². The van der Waals surface area contributed by atoms with Crippen LogP contribution in [-0.4, -0.2) is 13.2 Å². The number of rotatable bonds is 5. The molecule has 0 heterocycles. The smallest absolute Gasteiger partial charge is 0.137 e. The molecular formula is C23H29NO2. The number of hydrogen-bond donors (Lipinski definition) is 0. The normalized spacial score (nSPS) is 11.7. The van der Waals surface area contributed by atoms with Crippen molar-refractivity contribution in [1.29, 1.82) is 5.26 Å². The molecule has 0 aromatic heterocycles. The third-order valence-corrected chi connectivity index (χ3v) is 4.26. The van der Waals surface area contributed by atoms with Crippen LogP contribution < -0.4 is 9.47 Å². The second kappa shape index (κ2) is 7.83. The maximum atomic E-state index is 9.11. The number of nitriles is 1. The average molecular weight is 351 g/mol. The standard InChI is InChI=1S/C23H29NO2/c1-22(2,3)18-11-12-21(19(15-18)23(4,5)6)26-14-13-25-20-10-8-7-9-17(20)16-24/h7-12,15H,13-14H2,1-6H3. The molecule has 0 atom stereocenters. The van der Waals surface area contributed by atoms with Gasteiger partial charge in [-0.25, -0.2) is 0 Å². The van der Waals surface area contributed by atoms with Crippen molar-refractivity contribution >= 4 is 0 Å². The zero-order chi connectivity index (χ0) is 19.4. The summed E-state index contributed by atoms with van der Waals surface area (Å²) in [7, 11) is 0. The molecule has 2 aromatic carbocycles. The van der Waals surface area contributed by atoms with Crippen molar-refractivity contribution in [3.63, 3.8) is 0 Å². The predicted octanol–water partition coefficient (Wildman–Crippen LogP) is 5.61. The SMILES string of the molecule is CC(C)(C)c1ccc(OCCOc2ccccc2C#N)c(C(C)(C)C)c1. The lowest BCUT2D eigenvalue weighted by atomic mass is 9.80. The Labute approximate surface area is 157 Å². The molecule has 2 rings (SSSR count). The minimum atomic E-state index is -0.00907. The van der Waals surface area contributed by atoms with Gasteiger partial charge in [0.15, 0.2) is 0 Å². The molecule has 2 aromatic rings. The number of benzene rings is 2. The molecule has 0 amide bonds. The summed E-state index contributed by atoms with van der Waals surface area (Å²) in [6, 6.07) is 15.8. The molecule has 0 spiro atoms. The Hall–Kier alpha value is -2.47. The fraction of sp³-hybridized carbons (Fsp3) is 0.435. The Morgan fingerprint density at radius 2 is 1.42 bits per heavy atom. The molecule has 3 heteroatoms. The van der Waals surface area contributed by atoms with Crippen LogP contribution in [0, 0.1) is 11.3 Å². The molecule has 0 bridgehead atoms. The van der Waals surface area contributed by atoms with Crippen LogP contribution in [0.4, 0.5) is 0 Å². The van der Waals surface area contributed by atoms with Gasteiger partial charge in [0.25, 0.3) is 0 Å². The lowest BCUT2D eigenvalue weighted by Gasteiger charge is -2.27. The topological polar surface area (TPSA) is 42.2 Å². The first-order valence-electron chi connectivity index (χ1n) is 9.02. The molecule has 0 aliphatic carbocycles. The molecule has 138 valence electrons. The van der Waals surface area contributed by atoms with E-state index in [2.05, 4.69) is 65.8 Å². The van der Waals surface area contributed by atoms with E-state index in [1.807, 2.05) is 12.1 Å². The second-order valence-electron chi connectivity index (χ2n) is 8.52. The molecule has 0 radical (unpaired) electrons. The quantitative estimate of drug-likeness (QED) is 0.657. The molecule has 0 saturated heterocycles. The van der Waals surface area contributed by atoms with Crippen LogP contribution in [0.5, 0.6) is 11.5 Å². The first kappa shape index (κ1) is 19.8. The Bertz CT molecular complexity index is 789. The first-order valence-corrected chi connectivity index (χ1v) is 9.02. The predicted molar refractivity (Wildman–Crippen MR) is 106 cm³/mol. The van der Waals surface area contributed by atoms with Crippen molar-refractivity contribution < 1.29 is 9.47 Å². The van der Waals surface area contributed by atoms with E-state index in [1.165, 1.54) is 11.1 Å². The summed E-state index contributed by atoms with van der Waals surface area (Å²) in [6.45, 7) is 14.1. The zero-order valence-electron chi connectivity index (χ0n) is 16.7. The van der Waals surface area contributed by atoms with Gasteiger partial charge in [-0.1, -0.05) is 65.8 Å². The van der Waals surface area contributed by atoms with Gasteiger partial charge in [0.05, 0.1) is 5.56 Å². The average Bonchev–Trinajstić information content (AvgIpc) is 2.57. The monoisotopic (exact) mass is 351 g/mol. The highest BCUT2D eigenvalue weighted by atomic mass is 16.5. The minimum absolute atomic E-state index is 0.00907. The summed E-state index contributed by atoms with van der Waals surface area (Å²) in [5.74, 6) is 1.49. The lowest BCUT2D eigenvalue weighted by Crippen LogP contribution is -2.19. The van der Waals surface area contributed by atoms with E-state index < -0.39 is 0 Å². The van der Waals surface area contributed by atoms with E-state index in [-0.39, 0.29) is 10.8 Å². The van der Waals surface area contributed by atoms with Crippen LogP contribution in [-0.2, 0) is 10.8 Å². The highest BCUT2D eigenvalue weighted by molar-refractivity contribution is 5.44. The van der Waals surface area contributed by atoms with E-state index in [9.17, 15) is 0 Å². The van der Waals surface area contributed by atoms with Gasteiger partial charge < -0.3 is 9.47 Å². The van der Waals surface area contributed by atoms with E-state index >= 15 is 0 Å². The number of ether oxygens (including phenoxy) is 2. The van der Waals surface area contributed by atoms with Gasteiger partial charge in [-0.3, -0.25) is 0 Å². The Morgan fingerprint density at radius 1 is 0.808 bits per heavy atom. The van der Waals surface area contributed by atoms with Crippen LogP contribution in [0.3, 0.4) is 0 Å². The van der Waals surface area contributed by atoms with Crippen molar-refractivity contribution in [3.05, 3.63) is 59.2 Å². The zero-order valence-corrected chi connectivity index (χ0v) is 16.7. The summed E-state index contributed by atoms with van der Waals surface area (Å²) < 4.78 is 11.7. The fourth-order valence-corrected chi connectivity index (χ4v) is 2.70. The number of hydrogen-bond acceptors (Lipinski definition) is 3. The maximum absolute atomic E-state index is 9.11. The van der Waals surface area contributed by atoms with Crippen LogP contribution in [0.1, 0.15) is 58.2 Å². The largest absolute Gasteiger partial charge is 0.490 e. The van der Waals surface area contributed by atoms with Crippen LogP contribution in [0.25, 0.3) is 0 Å². The summed E-state index contributed by atoms with van der Waals surface area (Å²) >= 11 is 0. The van der Waals surface area contributed by atoms with Crippen LogP contribution >= 0.6 is 0 Å². The molecular weight excluding hydrogens is 322 g/mol. The minimum Gasteiger partial charge on any atom is -0.490 e. The third-order valence-electron chi connectivity index (χ3n) is 4.26. The van der Waals surface area contributed by atoms with Gasteiger partial charge in [-0.05, 0) is 40.2 Å². The number of para-hydroxylation sites is 1. The maximum Gasteiger partial charge on any atom is 0.137 e. The summed E-state index contributed by atoms with van der Waals surface area (Å²) in [4.78, 5) is 0. The van der Waals surface area contributed by atoms with Gasteiger partial charge in [0.1, 0.15) is 30.8 Å². The van der Waals surface area contributed by atoms with Gasteiger partial charge >= 0.3 is 0 Å². The van der Waals surface area contributed by atoms with Gasteiger partial charge in [0.2, 0.25) is 0 Å². The van der Waals surface area contributed by atoms with Gasteiger partial charge in [-0.15, -0.1) is 0 Å². The Morgan fingerprint density at radius 3 is 2.00 bits per heavy atom. The number of nitrogens with zero attached hydrogens (tertiary/aromatic N) is 1. The third kappa shape index (κ3) is 5.02. The lowest BCUT2D eigenvalue weighted by molar-refractivity contribution is 0.214. The second-order valence-corrected chi connectivity index (χ2v) is 8.52.